The molecule has 30 heavy (non-hydrogen) atoms. The van der Waals surface area contributed by atoms with Crippen LogP contribution in [0.15, 0.2) is 52.9 Å². The number of likely N-dealkylation sites (tertiary alicyclic amines) is 1. The van der Waals surface area contributed by atoms with Crippen molar-refractivity contribution in [2.24, 2.45) is 0 Å². The van der Waals surface area contributed by atoms with Crippen LogP contribution < -0.4 is 4.90 Å². The number of fused-ring (bicyclic) bond motifs is 1. The number of anilines is 1. The van der Waals surface area contributed by atoms with Crippen molar-refractivity contribution < 1.29 is 14.0 Å². The van der Waals surface area contributed by atoms with E-state index in [-0.39, 0.29) is 17.7 Å². The van der Waals surface area contributed by atoms with Crippen molar-refractivity contribution in [3.63, 3.8) is 0 Å². The molecule has 2 amide bonds. The Morgan fingerprint density at radius 2 is 1.73 bits per heavy atom. The lowest BCUT2D eigenvalue weighted by Crippen LogP contribution is -2.38. The van der Waals surface area contributed by atoms with E-state index in [0.29, 0.717) is 25.1 Å². The van der Waals surface area contributed by atoms with E-state index in [9.17, 15) is 9.59 Å². The fourth-order valence-corrected chi connectivity index (χ4v) is 4.44. The van der Waals surface area contributed by atoms with E-state index in [2.05, 4.69) is 4.98 Å². The van der Waals surface area contributed by atoms with Crippen molar-refractivity contribution >= 4 is 28.6 Å². The van der Waals surface area contributed by atoms with Crippen LogP contribution in [0, 0.1) is 0 Å². The molecule has 0 aliphatic carbocycles. The number of hydrogen-bond donors (Lipinski definition) is 0. The summed E-state index contributed by atoms with van der Waals surface area (Å²) < 4.78 is 5.92. The summed E-state index contributed by atoms with van der Waals surface area (Å²) in [6, 6.07) is 15.3. The molecule has 2 aromatic carbocycles. The Morgan fingerprint density at radius 1 is 0.967 bits per heavy atom. The molecule has 0 bridgehead atoms. The quantitative estimate of drug-likeness (QED) is 0.652. The van der Waals surface area contributed by atoms with Gasteiger partial charge in [-0.15, -0.1) is 0 Å². The number of nitrogens with zero attached hydrogens (tertiary/aromatic N) is 3. The van der Waals surface area contributed by atoms with Crippen LogP contribution in [-0.4, -0.2) is 41.3 Å². The molecular formula is C24H25N3O3. The molecule has 2 aliphatic rings. The number of oxazole rings is 1. The van der Waals surface area contributed by atoms with Gasteiger partial charge >= 0.3 is 0 Å². The second kappa shape index (κ2) is 7.94. The molecular weight excluding hydrogens is 378 g/mol. The minimum atomic E-state index is 0.0440. The first kappa shape index (κ1) is 18.9. The molecule has 0 unspecified atom stereocenters. The second-order valence-corrected chi connectivity index (χ2v) is 8.14. The Kier molecular flexibility index (Phi) is 4.99. The predicted molar refractivity (Wildman–Crippen MR) is 115 cm³/mol. The monoisotopic (exact) mass is 403 g/mol. The van der Waals surface area contributed by atoms with E-state index in [4.69, 9.17) is 4.42 Å². The SMILES string of the molecule is O=C(c1ccc(N2CCCCC2=O)cc1)N1CCC(c2nc3ccccc3o2)CC1. The molecule has 3 aromatic rings. The molecule has 3 heterocycles. The van der Waals surface area contributed by atoms with Crippen LogP contribution in [0.25, 0.3) is 11.1 Å². The zero-order valence-electron chi connectivity index (χ0n) is 16.9. The third-order valence-corrected chi connectivity index (χ3v) is 6.19. The number of hydrogen-bond acceptors (Lipinski definition) is 4. The highest BCUT2D eigenvalue weighted by Gasteiger charge is 2.28. The van der Waals surface area contributed by atoms with Gasteiger partial charge in [-0.2, -0.15) is 0 Å². The standard InChI is InChI=1S/C24H25N3O3/c28-22-7-3-4-14-27(22)19-10-8-18(9-11-19)24(29)26-15-12-17(13-16-26)23-25-20-5-1-2-6-21(20)30-23/h1-2,5-6,8-11,17H,3-4,7,12-16H2. The summed E-state index contributed by atoms with van der Waals surface area (Å²) in [4.78, 5) is 33.4. The van der Waals surface area contributed by atoms with Crippen LogP contribution in [0.1, 0.15) is 54.3 Å². The fourth-order valence-electron chi connectivity index (χ4n) is 4.44. The van der Waals surface area contributed by atoms with Gasteiger partial charge in [0.15, 0.2) is 11.5 Å². The molecule has 0 saturated carbocycles. The molecule has 154 valence electrons. The number of aromatic nitrogens is 1. The normalized spacial score (nSPS) is 18.2. The lowest BCUT2D eigenvalue weighted by Gasteiger charge is -2.31. The lowest BCUT2D eigenvalue weighted by molar-refractivity contribution is -0.119. The molecule has 6 heteroatoms. The molecule has 2 aliphatic heterocycles. The molecule has 2 saturated heterocycles. The second-order valence-electron chi connectivity index (χ2n) is 8.14. The molecule has 0 atom stereocenters. The maximum Gasteiger partial charge on any atom is 0.253 e. The molecule has 6 nitrogen and oxygen atoms in total. The minimum Gasteiger partial charge on any atom is -0.440 e. The first-order valence-corrected chi connectivity index (χ1v) is 10.7. The van der Waals surface area contributed by atoms with Gasteiger partial charge in [0.1, 0.15) is 5.52 Å². The highest BCUT2D eigenvalue weighted by molar-refractivity contribution is 5.97. The average Bonchev–Trinajstić information content (AvgIpc) is 3.24. The summed E-state index contributed by atoms with van der Waals surface area (Å²) in [7, 11) is 0. The smallest absolute Gasteiger partial charge is 0.253 e. The van der Waals surface area contributed by atoms with Crippen LogP contribution >= 0.6 is 0 Å². The van der Waals surface area contributed by atoms with Gasteiger partial charge in [-0.1, -0.05) is 12.1 Å². The largest absolute Gasteiger partial charge is 0.440 e. The Morgan fingerprint density at radius 3 is 2.47 bits per heavy atom. The maximum absolute atomic E-state index is 12.9. The van der Waals surface area contributed by atoms with Gasteiger partial charge in [-0.05, 0) is 62.1 Å². The summed E-state index contributed by atoms with van der Waals surface area (Å²) in [6.07, 6.45) is 4.29. The predicted octanol–water partition coefficient (Wildman–Crippen LogP) is 4.36. The molecule has 5 rings (SSSR count). The first-order chi connectivity index (χ1) is 14.7. The number of benzene rings is 2. The van der Waals surface area contributed by atoms with Gasteiger partial charge in [0.25, 0.3) is 5.91 Å². The Bertz CT molecular complexity index is 1030. The highest BCUT2D eigenvalue weighted by atomic mass is 16.3. The van der Waals surface area contributed by atoms with Crippen LogP contribution in [-0.2, 0) is 4.79 Å². The van der Waals surface area contributed by atoms with E-state index >= 15 is 0 Å². The van der Waals surface area contributed by atoms with Gasteiger partial charge in [0.05, 0.1) is 0 Å². The minimum absolute atomic E-state index is 0.0440. The van der Waals surface area contributed by atoms with Gasteiger partial charge in [0.2, 0.25) is 5.91 Å². The van der Waals surface area contributed by atoms with E-state index in [1.54, 1.807) is 0 Å². The van der Waals surface area contributed by atoms with Crippen LogP contribution in [0.4, 0.5) is 5.69 Å². The fraction of sp³-hybridized carbons (Fsp3) is 0.375. The van der Waals surface area contributed by atoms with E-state index < -0.39 is 0 Å². The third kappa shape index (κ3) is 3.58. The van der Waals surface area contributed by atoms with Crippen molar-refractivity contribution in [3.05, 3.63) is 60.0 Å². The van der Waals surface area contributed by atoms with Crippen LogP contribution in [0.3, 0.4) is 0 Å². The molecule has 0 spiro atoms. The topological polar surface area (TPSA) is 66.7 Å². The molecule has 0 radical (unpaired) electrons. The van der Waals surface area contributed by atoms with E-state index in [1.807, 2.05) is 58.3 Å². The summed E-state index contributed by atoms with van der Waals surface area (Å²) in [5.41, 5.74) is 3.26. The average molecular weight is 403 g/mol. The third-order valence-electron chi connectivity index (χ3n) is 6.19. The van der Waals surface area contributed by atoms with E-state index in [1.165, 1.54) is 0 Å². The highest BCUT2D eigenvalue weighted by Crippen LogP contribution is 2.30. The van der Waals surface area contributed by atoms with E-state index in [0.717, 1.165) is 54.9 Å². The van der Waals surface area contributed by atoms with Gasteiger partial charge in [-0.25, -0.2) is 4.98 Å². The Hall–Kier alpha value is -3.15. The zero-order valence-corrected chi connectivity index (χ0v) is 16.9. The maximum atomic E-state index is 12.9. The van der Waals surface area contributed by atoms with Crippen molar-refractivity contribution in [1.29, 1.82) is 0 Å². The number of piperidine rings is 2. The van der Waals surface area contributed by atoms with Crippen molar-refractivity contribution in [2.75, 3.05) is 24.5 Å². The Balaban J connectivity index is 1.22. The van der Waals surface area contributed by atoms with Crippen LogP contribution in [0.2, 0.25) is 0 Å². The number of rotatable bonds is 3. The summed E-state index contributed by atoms with van der Waals surface area (Å²) in [6.45, 7) is 2.14. The number of para-hydroxylation sites is 2. The molecule has 1 aromatic heterocycles. The van der Waals surface area contributed by atoms with Gasteiger partial charge < -0.3 is 14.2 Å². The van der Waals surface area contributed by atoms with Gasteiger partial charge in [-0.3, -0.25) is 9.59 Å². The van der Waals surface area contributed by atoms with Crippen LogP contribution in [0.5, 0.6) is 0 Å². The lowest BCUT2D eigenvalue weighted by atomic mass is 9.96. The zero-order chi connectivity index (χ0) is 20.5. The van der Waals surface area contributed by atoms with Crippen molar-refractivity contribution in [1.82, 2.24) is 9.88 Å². The summed E-state index contributed by atoms with van der Waals surface area (Å²) in [5.74, 6) is 1.23. The van der Waals surface area contributed by atoms with Crippen molar-refractivity contribution in [3.8, 4) is 0 Å². The van der Waals surface area contributed by atoms with Crippen molar-refractivity contribution in [2.45, 2.75) is 38.0 Å². The number of amides is 2. The summed E-state index contributed by atoms with van der Waals surface area (Å²) >= 11 is 0. The molecule has 2 fully saturated rings. The first-order valence-electron chi connectivity index (χ1n) is 10.7. The summed E-state index contributed by atoms with van der Waals surface area (Å²) in [5, 5.41) is 0. The molecule has 0 N–H and O–H groups in total. The Labute approximate surface area is 175 Å². The van der Waals surface area contributed by atoms with Gasteiger partial charge in [0, 0.05) is 43.2 Å². The number of carbonyl (C=O) groups is 2. The number of carbonyl (C=O) groups excluding carboxylic acids is 2.